The van der Waals surface area contributed by atoms with Crippen LogP contribution in [-0.4, -0.2) is 16.4 Å². The molecule has 0 aliphatic carbocycles. The monoisotopic (exact) mass is 579 g/mol. The Balaban J connectivity index is 0.00000153. The van der Waals surface area contributed by atoms with E-state index >= 15 is 0 Å². The van der Waals surface area contributed by atoms with Gasteiger partial charge in [0.15, 0.2) is 0 Å². The molecule has 0 amide bonds. The molecule has 3 aromatic rings. The Morgan fingerprint density at radius 3 is 1.05 bits per heavy atom. The van der Waals surface area contributed by atoms with Crippen LogP contribution in [0, 0.1) is 69.2 Å². The summed E-state index contributed by atoms with van der Waals surface area (Å²) >= 11 is 0.194. The summed E-state index contributed by atoms with van der Waals surface area (Å²) < 4.78 is 0. The van der Waals surface area contributed by atoms with Crippen molar-refractivity contribution in [2.75, 3.05) is 0 Å². The summed E-state index contributed by atoms with van der Waals surface area (Å²) in [5, 5.41) is 0. The molecule has 6 heteroatoms. The minimum absolute atomic E-state index is 0.194. The van der Waals surface area contributed by atoms with Crippen LogP contribution >= 0.6 is 20.2 Å². The third-order valence-electron chi connectivity index (χ3n) is 7.97. The first-order valence-electron chi connectivity index (χ1n) is 12.4. The number of rotatable bonds is 4. The normalized spacial score (nSPS) is 12.1. The summed E-state index contributed by atoms with van der Waals surface area (Å²) in [6, 6.07) is 6.11. The van der Waals surface area contributed by atoms with Gasteiger partial charge in [-0.2, -0.15) is 0 Å². The van der Waals surface area contributed by atoms with Crippen LogP contribution in [0.1, 0.15) is 80.9 Å². The van der Waals surface area contributed by atoms with Crippen LogP contribution in [-0.2, 0) is 13.1 Å². The Morgan fingerprint density at radius 2 is 0.784 bits per heavy atom. The molecule has 3 nitrogen and oxygen atoms in total. The fourth-order valence-electron chi connectivity index (χ4n) is 4.58. The van der Waals surface area contributed by atoms with Gasteiger partial charge in [-0.15, -0.1) is 0 Å². The number of benzene rings is 2. The maximum atomic E-state index is 5.05. The first kappa shape index (κ1) is 31.2. The van der Waals surface area contributed by atoms with Crippen molar-refractivity contribution in [3.8, 4) is 0 Å². The van der Waals surface area contributed by atoms with Crippen LogP contribution in [0.2, 0.25) is 0 Å². The van der Waals surface area contributed by atoms with E-state index in [1.54, 1.807) is 0 Å². The zero-order valence-corrected chi connectivity index (χ0v) is 26.8. The topological polar surface area (TPSA) is 37.6 Å². The van der Waals surface area contributed by atoms with Crippen molar-refractivity contribution in [3.05, 3.63) is 85.2 Å². The molecule has 0 spiro atoms. The molecule has 0 fully saturated rings. The van der Waals surface area contributed by atoms with E-state index < -0.39 is 0 Å². The predicted molar refractivity (Wildman–Crippen MR) is 160 cm³/mol. The van der Waals surface area contributed by atoms with Crippen molar-refractivity contribution in [3.63, 3.8) is 0 Å². The van der Waals surface area contributed by atoms with Gasteiger partial charge in [0.1, 0.15) is 0 Å². The zero-order valence-electron chi connectivity index (χ0n) is 24.2. The van der Waals surface area contributed by atoms with E-state index in [9.17, 15) is 0 Å². The second-order valence-electron chi connectivity index (χ2n) is 9.80. The molecule has 200 valence electrons. The fourth-order valence-corrected chi connectivity index (χ4v) is 4.58. The standard InChI is InChI=1S/C31H39N3.2ClH.Fe/c1-16-18(3)22(7)30(23(8)19(16)4)32-26(11)28-14-13-15-29(34-28)27(12)33-31-24(9)20(5)17(2)21(6)25(31)10;;;/h13-15H,1-12H3;2*1H;/q;;;+2/p-2. The summed E-state index contributed by atoms with van der Waals surface area (Å²) in [7, 11) is 9.53. The van der Waals surface area contributed by atoms with E-state index in [4.69, 9.17) is 35.2 Å². The van der Waals surface area contributed by atoms with Crippen LogP contribution in [0.3, 0.4) is 0 Å². The number of hydrogen-bond donors (Lipinski definition) is 0. The van der Waals surface area contributed by atoms with Gasteiger partial charge in [-0.3, -0.25) is 9.98 Å². The van der Waals surface area contributed by atoms with Crippen LogP contribution in [0.4, 0.5) is 11.4 Å². The van der Waals surface area contributed by atoms with Gasteiger partial charge >= 0.3 is 33.3 Å². The van der Waals surface area contributed by atoms with E-state index in [2.05, 4.69) is 69.2 Å². The molecule has 0 atom stereocenters. The molecule has 2 aromatic carbocycles. The molecule has 0 unspecified atom stereocenters. The van der Waals surface area contributed by atoms with Crippen molar-refractivity contribution < 1.29 is 13.1 Å². The molecule has 3 rings (SSSR count). The van der Waals surface area contributed by atoms with E-state index in [0.29, 0.717) is 0 Å². The summed E-state index contributed by atoms with van der Waals surface area (Å²) in [4.78, 5) is 15.0. The first-order valence-corrected chi connectivity index (χ1v) is 15.4. The van der Waals surface area contributed by atoms with Crippen molar-refractivity contribution in [2.24, 2.45) is 9.98 Å². The molecule has 0 aliphatic rings. The Kier molecular flexibility index (Phi) is 11.1. The quantitative estimate of drug-likeness (QED) is 0.224. The van der Waals surface area contributed by atoms with Gasteiger partial charge in [0.25, 0.3) is 0 Å². The van der Waals surface area contributed by atoms with E-state index in [-0.39, 0.29) is 13.1 Å². The number of hydrogen-bond acceptors (Lipinski definition) is 3. The van der Waals surface area contributed by atoms with Crippen LogP contribution in [0.25, 0.3) is 0 Å². The van der Waals surface area contributed by atoms with Gasteiger partial charge in [0, 0.05) is 0 Å². The van der Waals surface area contributed by atoms with Gasteiger partial charge in [-0.25, -0.2) is 4.98 Å². The second kappa shape index (κ2) is 13.2. The SMILES string of the molecule is CC(=Nc1c(C)c(C)c(C)c(C)c1C)c1cccc(C(C)=Nc2c(C)c(C)c(C)c(C)c2C)n1.[Cl][Fe][Cl]. The van der Waals surface area contributed by atoms with Crippen molar-refractivity contribution in [1.29, 1.82) is 0 Å². The molecule has 1 heterocycles. The fraction of sp³-hybridized carbons (Fsp3) is 0.387. The number of nitrogens with zero attached hydrogens (tertiary/aromatic N) is 3. The molecule has 0 bridgehead atoms. The van der Waals surface area contributed by atoms with Crippen LogP contribution < -0.4 is 0 Å². The average Bonchev–Trinajstić information content (AvgIpc) is 2.89. The molecule has 0 radical (unpaired) electrons. The van der Waals surface area contributed by atoms with Crippen molar-refractivity contribution >= 4 is 43.0 Å². The Labute approximate surface area is 238 Å². The molecule has 37 heavy (non-hydrogen) atoms. The van der Waals surface area contributed by atoms with Crippen molar-refractivity contribution in [1.82, 2.24) is 4.98 Å². The summed E-state index contributed by atoms with van der Waals surface area (Å²) in [5.41, 5.74) is 18.6. The average molecular weight is 580 g/mol. The number of aliphatic imine (C=N–C) groups is 2. The van der Waals surface area contributed by atoms with E-state index in [0.717, 1.165) is 34.2 Å². The zero-order chi connectivity index (χ0) is 28.2. The molecular weight excluding hydrogens is 541 g/mol. The van der Waals surface area contributed by atoms with Gasteiger partial charge in [0.2, 0.25) is 0 Å². The molecule has 0 saturated heterocycles. The first-order chi connectivity index (χ1) is 17.3. The minimum atomic E-state index is 0.194. The maximum absolute atomic E-state index is 5.05. The van der Waals surface area contributed by atoms with E-state index in [1.165, 1.54) is 55.6 Å². The van der Waals surface area contributed by atoms with Gasteiger partial charge in [-0.1, -0.05) is 6.07 Å². The summed E-state index contributed by atoms with van der Waals surface area (Å²) in [6.07, 6.45) is 0. The molecular formula is C31H39Cl2FeN3. The molecule has 1 aromatic heterocycles. The van der Waals surface area contributed by atoms with Crippen LogP contribution in [0.5, 0.6) is 0 Å². The second-order valence-corrected chi connectivity index (χ2v) is 11.6. The molecule has 0 saturated carbocycles. The Morgan fingerprint density at radius 1 is 0.541 bits per heavy atom. The summed E-state index contributed by atoms with van der Waals surface area (Å²) in [5.74, 6) is 0. The number of halogens is 2. The molecule has 0 N–H and O–H groups in total. The Bertz CT molecular complexity index is 1230. The van der Waals surface area contributed by atoms with Crippen molar-refractivity contribution in [2.45, 2.75) is 83.1 Å². The Hall–Kier alpha value is -1.97. The van der Waals surface area contributed by atoms with Gasteiger partial charge in [-0.05, 0) is 151 Å². The number of aromatic nitrogens is 1. The predicted octanol–water partition coefficient (Wildman–Crippen LogP) is 9.82. The summed E-state index contributed by atoms with van der Waals surface area (Å²) in [6.45, 7) is 25.9. The van der Waals surface area contributed by atoms with Crippen LogP contribution in [0.15, 0.2) is 28.2 Å². The molecule has 0 aliphatic heterocycles. The third-order valence-corrected chi connectivity index (χ3v) is 7.97. The third kappa shape index (κ3) is 6.73. The van der Waals surface area contributed by atoms with Gasteiger partial charge < -0.3 is 0 Å². The van der Waals surface area contributed by atoms with E-state index in [1.807, 2.05) is 32.0 Å². The number of pyridine rings is 1. The van der Waals surface area contributed by atoms with Gasteiger partial charge in [0.05, 0.1) is 34.2 Å².